The molecule has 1 atom stereocenters. The molecule has 112 valence electrons. The summed E-state index contributed by atoms with van der Waals surface area (Å²) in [6.07, 6.45) is -0.556. The van der Waals surface area contributed by atoms with Crippen LogP contribution in [0.15, 0.2) is 48.5 Å². The maximum atomic E-state index is 10.5. The Hall–Kier alpha value is -1.84. The second-order valence-electron chi connectivity index (χ2n) is 5.32. The molecule has 2 rings (SSSR count). The van der Waals surface area contributed by atoms with Crippen LogP contribution in [0.4, 0.5) is 0 Å². The lowest BCUT2D eigenvalue weighted by molar-refractivity contribution is 0.184. The number of aliphatic hydroxyl groups is 1. The predicted molar refractivity (Wildman–Crippen MR) is 83.4 cm³/mol. The molecule has 0 radical (unpaired) electrons. The molecule has 0 heterocycles. The largest absolute Gasteiger partial charge is 0.491 e. The molecule has 2 aromatic carbocycles. The van der Waals surface area contributed by atoms with E-state index in [9.17, 15) is 5.11 Å². The SMILES string of the molecule is COCc1cccc(C(O)c2cccc(OC(C)C)c2)c1. The smallest absolute Gasteiger partial charge is 0.120 e. The van der Waals surface area contributed by atoms with Gasteiger partial charge in [-0.1, -0.05) is 36.4 Å². The van der Waals surface area contributed by atoms with Gasteiger partial charge in [-0.15, -0.1) is 0 Å². The summed E-state index contributed by atoms with van der Waals surface area (Å²) in [7, 11) is 1.66. The zero-order valence-corrected chi connectivity index (χ0v) is 12.7. The summed E-state index contributed by atoms with van der Waals surface area (Å²) < 4.78 is 10.8. The van der Waals surface area contributed by atoms with Crippen LogP contribution in [0.1, 0.15) is 36.6 Å². The molecule has 0 saturated heterocycles. The number of aliphatic hydroxyl groups excluding tert-OH is 1. The second-order valence-corrected chi connectivity index (χ2v) is 5.32. The molecule has 0 amide bonds. The first-order chi connectivity index (χ1) is 10.1. The molecule has 0 aliphatic heterocycles. The van der Waals surface area contributed by atoms with Crippen molar-refractivity contribution in [3.8, 4) is 5.75 Å². The Kier molecular flexibility index (Phi) is 5.37. The van der Waals surface area contributed by atoms with Gasteiger partial charge < -0.3 is 14.6 Å². The first-order valence-corrected chi connectivity index (χ1v) is 7.12. The van der Waals surface area contributed by atoms with E-state index in [0.29, 0.717) is 6.61 Å². The average Bonchev–Trinajstić information content (AvgIpc) is 2.47. The Bertz CT molecular complexity index is 578. The topological polar surface area (TPSA) is 38.7 Å². The average molecular weight is 286 g/mol. The maximum absolute atomic E-state index is 10.5. The van der Waals surface area contributed by atoms with Gasteiger partial charge in [0.2, 0.25) is 0 Å². The van der Waals surface area contributed by atoms with Crippen LogP contribution in [0.2, 0.25) is 0 Å². The number of hydrogen-bond donors (Lipinski definition) is 1. The van der Waals surface area contributed by atoms with E-state index < -0.39 is 6.10 Å². The maximum Gasteiger partial charge on any atom is 0.120 e. The lowest BCUT2D eigenvalue weighted by atomic mass is 10.00. The molecule has 21 heavy (non-hydrogen) atoms. The molecule has 0 saturated carbocycles. The summed E-state index contributed by atoms with van der Waals surface area (Å²) >= 11 is 0. The standard InChI is InChI=1S/C18H22O3/c1-13(2)21-17-9-5-8-16(11-17)18(19)15-7-4-6-14(10-15)12-20-3/h4-11,13,18-19H,12H2,1-3H3. The van der Waals surface area contributed by atoms with Gasteiger partial charge in [0, 0.05) is 7.11 Å². The summed E-state index contributed by atoms with van der Waals surface area (Å²) in [6, 6.07) is 15.4. The van der Waals surface area contributed by atoms with Crippen LogP contribution in [0, 0.1) is 0 Å². The third-order valence-corrected chi connectivity index (χ3v) is 3.12. The van der Waals surface area contributed by atoms with Gasteiger partial charge in [0.1, 0.15) is 11.9 Å². The fourth-order valence-corrected chi connectivity index (χ4v) is 2.24. The Morgan fingerprint density at radius 3 is 2.33 bits per heavy atom. The molecule has 1 unspecified atom stereocenters. The van der Waals surface area contributed by atoms with Crippen LogP contribution in [-0.2, 0) is 11.3 Å². The lowest BCUT2D eigenvalue weighted by Crippen LogP contribution is -2.06. The Balaban J connectivity index is 2.22. The van der Waals surface area contributed by atoms with E-state index in [1.165, 1.54) is 0 Å². The van der Waals surface area contributed by atoms with Gasteiger partial charge >= 0.3 is 0 Å². The summed E-state index contributed by atoms with van der Waals surface area (Å²) in [6.45, 7) is 4.51. The quantitative estimate of drug-likeness (QED) is 0.880. The van der Waals surface area contributed by atoms with Gasteiger partial charge in [0.15, 0.2) is 0 Å². The normalized spacial score (nSPS) is 12.4. The van der Waals surface area contributed by atoms with Crippen LogP contribution in [0.3, 0.4) is 0 Å². The van der Waals surface area contributed by atoms with Crippen molar-refractivity contribution < 1.29 is 14.6 Å². The number of benzene rings is 2. The highest BCUT2D eigenvalue weighted by atomic mass is 16.5. The number of rotatable bonds is 6. The van der Waals surface area contributed by atoms with Gasteiger partial charge in [-0.25, -0.2) is 0 Å². The Morgan fingerprint density at radius 2 is 1.67 bits per heavy atom. The van der Waals surface area contributed by atoms with Gasteiger partial charge in [0.25, 0.3) is 0 Å². The molecule has 1 N–H and O–H groups in total. The highest BCUT2D eigenvalue weighted by Crippen LogP contribution is 2.26. The van der Waals surface area contributed by atoms with Crippen molar-refractivity contribution in [1.29, 1.82) is 0 Å². The molecule has 0 spiro atoms. The monoisotopic (exact) mass is 286 g/mol. The lowest BCUT2D eigenvalue weighted by Gasteiger charge is -2.15. The third kappa shape index (κ3) is 4.31. The van der Waals surface area contributed by atoms with Crippen LogP contribution in [-0.4, -0.2) is 18.3 Å². The highest BCUT2D eigenvalue weighted by Gasteiger charge is 2.12. The molecule has 0 aliphatic rings. The molecule has 3 nitrogen and oxygen atoms in total. The first-order valence-electron chi connectivity index (χ1n) is 7.12. The van der Waals surface area contributed by atoms with E-state index in [1.807, 2.05) is 62.4 Å². The van der Waals surface area contributed by atoms with Crippen LogP contribution in [0.25, 0.3) is 0 Å². The fraction of sp³-hybridized carbons (Fsp3) is 0.333. The second kappa shape index (κ2) is 7.25. The molecule has 0 aromatic heterocycles. The number of ether oxygens (including phenoxy) is 2. The van der Waals surface area contributed by atoms with Crippen molar-refractivity contribution in [2.24, 2.45) is 0 Å². The van der Waals surface area contributed by atoms with Gasteiger partial charge in [0.05, 0.1) is 12.7 Å². The van der Waals surface area contributed by atoms with E-state index in [1.54, 1.807) is 7.11 Å². The van der Waals surface area contributed by atoms with Crippen molar-refractivity contribution in [2.75, 3.05) is 7.11 Å². The van der Waals surface area contributed by atoms with Crippen molar-refractivity contribution in [2.45, 2.75) is 32.7 Å². The van der Waals surface area contributed by atoms with Crippen molar-refractivity contribution >= 4 is 0 Å². The highest BCUT2D eigenvalue weighted by molar-refractivity contribution is 5.36. The minimum absolute atomic E-state index is 0.113. The van der Waals surface area contributed by atoms with E-state index in [4.69, 9.17) is 9.47 Å². The molecular formula is C18H22O3. The van der Waals surface area contributed by atoms with Gasteiger partial charge in [-0.3, -0.25) is 0 Å². The van der Waals surface area contributed by atoms with Gasteiger partial charge in [-0.2, -0.15) is 0 Å². The summed E-state index contributed by atoms with van der Waals surface area (Å²) in [5, 5.41) is 10.5. The first kappa shape index (κ1) is 15.5. The van der Waals surface area contributed by atoms with Crippen LogP contribution < -0.4 is 4.74 Å². The molecule has 0 fully saturated rings. The van der Waals surface area contributed by atoms with E-state index in [2.05, 4.69) is 0 Å². The summed E-state index contributed by atoms with van der Waals surface area (Å²) in [4.78, 5) is 0. The van der Waals surface area contributed by atoms with Crippen LogP contribution >= 0.6 is 0 Å². The van der Waals surface area contributed by atoms with E-state index in [-0.39, 0.29) is 6.10 Å². The zero-order valence-electron chi connectivity index (χ0n) is 12.7. The number of hydrogen-bond acceptors (Lipinski definition) is 3. The number of methoxy groups -OCH3 is 1. The van der Waals surface area contributed by atoms with Crippen molar-refractivity contribution in [3.63, 3.8) is 0 Å². The Labute approximate surface area is 126 Å². The molecule has 0 bridgehead atoms. The minimum Gasteiger partial charge on any atom is -0.491 e. The molecule has 3 heteroatoms. The van der Waals surface area contributed by atoms with E-state index in [0.717, 1.165) is 22.4 Å². The molecular weight excluding hydrogens is 264 g/mol. The summed E-state index contributed by atoms with van der Waals surface area (Å²) in [5.74, 6) is 0.773. The zero-order chi connectivity index (χ0) is 15.2. The van der Waals surface area contributed by atoms with Gasteiger partial charge in [-0.05, 0) is 42.7 Å². The van der Waals surface area contributed by atoms with Crippen molar-refractivity contribution in [3.05, 3.63) is 65.2 Å². The predicted octanol–water partition coefficient (Wildman–Crippen LogP) is 3.70. The summed E-state index contributed by atoms with van der Waals surface area (Å²) in [5.41, 5.74) is 2.72. The minimum atomic E-state index is -0.669. The third-order valence-electron chi connectivity index (χ3n) is 3.12. The van der Waals surface area contributed by atoms with Crippen molar-refractivity contribution in [1.82, 2.24) is 0 Å². The van der Waals surface area contributed by atoms with E-state index >= 15 is 0 Å². The molecule has 0 aliphatic carbocycles. The molecule has 2 aromatic rings. The van der Waals surface area contributed by atoms with Crippen LogP contribution in [0.5, 0.6) is 5.75 Å². The fourth-order valence-electron chi connectivity index (χ4n) is 2.24. The Morgan fingerprint density at radius 1 is 1.00 bits per heavy atom.